The molecule has 4 nitrogen and oxygen atoms in total. The Morgan fingerprint density at radius 2 is 0.886 bits per heavy atom. The topological polar surface area (TPSA) is 51.6 Å². The summed E-state index contributed by atoms with van der Waals surface area (Å²) in [5.41, 5.74) is 6.16. The summed E-state index contributed by atoms with van der Waals surface area (Å²) in [5, 5.41) is 0. The maximum absolute atomic E-state index is 4.84. The highest BCUT2D eigenvalue weighted by molar-refractivity contribution is 9.10. The van der Waals surface area contributed by atoms with E-state index in [0.29, 0.717) is 17.5 Å². The highest BCUT2D eigenvalue weighted by Gasteiger charge is 2.13. The molecule has 5 rings (SSSR count). The minimum atomic E-state index is 0.599. The Morgan fingerprint density at radius 1 is 0.455 bits per heavy atom. The van der Waals surface area contributed by atoms with Gasteiger partial charge in [0.2, 0.25) is 0 Å². The Kier molecular flexibility index (Phi) is 12.2. The lowest BCUT2D eigenvalue weighted by Crippen LogP contribution is -2.00. The first-order valence-electron chi connectivity index (χ1n) is 15.9. The van der Waals surface area contributed by atoms with Crippen molar-refractivity contribution in [3.63, 3.8) is 0 Å². The number of nitrogens with zero attached hydrogens (tertiary/aromatic N) is 4. The largest absolute Gasteiger partial charge is 0.255 e. The molecule has 0 aliphatic rings. The summed E-state index contributed by atoms with van der Waals surface area (Å²) >= 11 is 7.04. The Balaban J connectivity index is 1.23. The van der Waals surface area contributed by atoms with Gasteiger partial charge in [0.15, 0.2) is 17.5 Å². The van der Waals surface area contributed by atoms with Gasteiger partial charge in [-0.25, -0.2) is 15.0 Å². The average molecular weight is 713 g/mol. The molecule has 2 aromatic heterocycles. The predicted molar refractivity (Wildman–Crippen MR) is 190 cm³/mol. The average Bonchev–Trinajstić information content (AvgIpc) is 3.06. The summed E-state index contributed by atoms with van der Waals surface area (Å²) in [6.07, 6.45) is 16.7. The van der Waals surface area contributed by atoms with E-state index in [9.17, 15) is 0 Å². The van der Waals surface area contributed by atoms with E-state index < -0.39 is 0 Å². The summed E-state index contributed by atoms with van der Waals surface area (Å²) in [6.45, 7) is 2.28. The molecule has 0 unspecified atom stereocenters. The van der Waals surface area contributed by atoms with Crippen LogP contribution >= 0.6 is 31.9 Å². The van der Waals surface area contributed by atoms with Gasteiger partial charge in [0, 0.05) is 37.4 Å². The molecule has 0 radical (unpaired) electrons. The summed E-state index contributed by atoms with van der Waals surface area (Å²) in [6, 6.07) is 29.0. The second-order valence-electron chi connectivity index (χ2n) is 11.4. The van der Waals surface area contributed by atoms with Crippen molar-refractivity contribution < 1.29 is 0 Å². The number of benzene rings is 3. The molecule has 0 aliphatic heterocycles. The van der Waals surface area contributed by atoms with E-state index in [0.717, 1.165) is 43.3 Å². The van der Waals surface area contributed by atoms with Crippen molar-refractivity contribution >= 4 is 31.9 Å². The minimum absolute atomic E-state index is 0.599. The Hall–Kier alpha value is -3.22. The third kappa shape index (κ3) is 9.39. The van der Waals surface area contributed by atoms with Crippen LogP contribution in [0.4, 0.5) is 0 Å². The van der Waals surface area contributed by atoms with Crippen molar-refractivity contribution in [1.82, 2.24) is 19.9 Å². The molecule has 0 fully saturated rings. The van der Waals surface area contributed by atoms with Crippen molar-refractivity contribution in [3.05, 3.63) is 106 Å². The second kappa shape index (κ2) is 16.7. The minimum Gasteiger partial charge on any atom is -0.255 e. The SMILES string of the molecule is CCCCCCCCCCCCc1ccc(-c2ccc(-c3nc(-c4ccc(Br)cc4)nc(-c4ccc(Br)cc4)n3)cn2)cc1. The van der Waals surface area contributed by atoms with Gasteiger partial charge in [0.05, 0.1) is 5.69 Å². The lowest BCUT2D eigenvalue weighted by molar-refractivity contribution is 0.556. The Labute approximate surface area is 279 Å². The molecule has 2 heterocycles. The maximum Gasteiger partial charge on any atom is 0.165 e. The second-order valence-corrected chi connectivity index (χ2v) is 13.2. The van der Waals surface area contributed by atoms with Gasteiger partial charge in [-0.05, 0) is 54.8 Å². The van der Waals surface area contributed by atoms with Gasteiger partial charge < -0.3 is 0 Å². The fourth-order valence-electron chi connectivity index (χ4n) is 5.32. The van der Waals surface area contributed by atoms with E-state index in [2.05, 4.69) is 69.1 Å². The molecule has 0 spiro atoms. The van der Waals surface area contributed by atoms with Crippen molar-refractivity contribution in [2.45, 2.75) is 77.6 Å². The molecule has 6 heteroatoms. The molecule has 0 saturated heterocycles. The van der Waals surface area contributed by atoms with E-state index in [-0.39, 0.29) is 0 Å². The number of halogens is 2. The lowest BCUT2D eigenvalue weighted by atomic mass is 10.0. The molecule has 0 amide bonds. The first-order chi connectivity index (χ1) is 21.6. The van der Waals surface area contributed by atoms with Gasteiger partial charge in [0.25, 0.3) is 0 Å². The number of hydrogen-bond acceptors (Lipinski definition) is 4. The number of aryl methyl sites for hydroxylation is 1. The smallest absolute Gasteiger partial charge is 0.165 e. The first kappa shape index (κ1) is 32.2. The molecule has 0 atom stereocenters. The van der Waals surface area contributed by atoms with Crippen LogP contribution in [0.25, 0.3) is 45.4 Å². The molecular weight excluding hydrogens is 672 g/mol. The molecule has 3 aromatic carbocycles. The fourth-order valence-corrected chi connectivity index (χ4v) is 5.85. The van der Waals surface area contributed by atoms with Crippen LogP contribution in [0.5, 0.6) is 0 Å². The van der Waals surface area contributed by atoms with Crippen LogP contribution in [0.1, 0.15) is 76.7 Å². The Morgan fingerprint density at radius 3 is 1.36 bits per heavy atom. The van der Waals surface area contributed by atoms with Crippen LogP contribution in [-0.2, 0) is 6.42 Å². The number of aromatic nitrogens is 4. The van der Waals surface area contributed by atoms with Gasteiger partial charge in [0.1, 0.15) is 0 Å². The molecule has 5 aromatic rings. The molecule has 44 heavy (non-hydrogen) atoms. The van der Waals surface area contributed by atoms with E-state index in [4.69, 9.17) is 19.9 Å². The van der Waals surface area contributed by atoms with E-state index in [1.165, 1.54) is 69.8 Å². The van der Waals surface area contributed by atoms with Crippen molar-refractivity contribution in [2.24, 2.45) is 0 Å². The molecule has 0 aliphatic carbocycles. The number of pyridine rings is 1. The summed E-state index contributed by atoms with van der Waals surface area (Å²) in [7, 11) is 0. The van der Waals surface area contributed by atoms with Crippen LogP contribution in [0, 0.1) is 0 Å². The normalized spacial score (nSPS) is 11.2. The van der Waals surface area contributed by atoms with Gasteiger partial charge >= 0.3 is 0 Å². The zero-order chi connectivity index (χ0) is 30.6. The van der Waals surface area contributed by atoms with Gasteiger partial charge in [-0.15, -0.1) is 0 Å². The van der Waals surface area contributed by atoms with E-state index >= 15 is 0 Å². The van der Waals surface area contributed by atoms with Gasteiger partial charge in [-0.2, -0.15) is 0 Å². The zero-order valence-corrected chi connectivity index (χ0v) is 28.7. The van der Waals surface area contributed by atoms with Gasteiger partial charge in [-0.1, -0.05) is 145 Å². The molecule has 0 bridgehead atoms. The Bertz CT molecular complexity index is 1520. The highest BCUT2D eigenvalue weighted by Crippen LogP contribution is 2.27. The van der Waals surface area contributed by atoms with Crippen LogP contribution in [0.3, 0.4) is 0 Å². The fraction of sp³-hybridized carbons (Fsp3) is 0.316. The first-order valence-corrected chi connectivity index (χ1v) is 17.5. The molecule has 0 N–H and O–H groups in total. The summed E-state index contributed by atoms with van der Waals surface area (Å²) < 4.78 is 2.02. The summed E-state index contributed by atoms with van der Waals surface area (Å²) in [4.78, 5) is 19.3. The van der Waals surface area contributed by atoms with Crippen LogP contribution < -0.4 is 0 Å². The standard InChI is InChI=1S/C38H40Br2N4/c1-2-3-4-5-6-7-8-9-10-11-12-28-13-15-29(16-14-28)35-26-21-32(27-41-35)38-43-36(30-17-22-33(39)23-18-30)42-37(44-38)31-19-24-34(40)25-20-31/h13-27H,2-12H2,1H3. The molecule has 226 valence electrons. The predicted octanol–water partition coefficient (Wildman–Crippen LogP) is 11.9. The van der Waals surface area contributed by atoms with E-state index in [1.54, 1.807) is 0 Å². The van der Waals surface area contributed by atoms with Crippen molar-refractivity contribution in [1.29, 1.82) is 0 Å². The van der Waals surface area contributed by atoms with E-state index in [1.807, 2.05) is 60.8 Å². The van der Waals surface area contributed by atoms with Crippen LogP contribution in [0.15, 0.2) is 100 Å². The maximum atomic E-state index is 4.84. The number of hydrogen-bond donors (Lipinski definition) is 0. The lowest BCUT2D eigenvalue weighted by Gasteiger charge is -2.09. The number of unbranched alkanes of at least 4 members (excludes halogenated alkanes) is 9. The highest BCUT2D eigenvalue weighted by atomic mass is 79.9. The molecule has 0 saturated carbocycles. The van der Waals surface area contributed by atoms with Crippen molar-refractivity contribution in [3.8, 4) is 45.4 Å². The third-order valence-corrected chi connectivity index (χ3v) is 8.99. The monoisotopic (exact) mass is 710 g/mol. The number of rotatable bonds is 15. The molecular formula is C38H40Br2N4. The van der Waals surface area contributed by atoms with Crippen LogP contribution in [-0.4, -0.2) is 19.9 Å². The zero-order valence-electron chi connectivity index (χ0n) is 25.5. The summed E-state index contributed by atoms with van der Waals surface area (Å²) in [5.74, 6) is 1.85. The quantitative estimate of drug-likeness (QED) is 0.101. The van der Waals surface area contributed by atoms with Crippen LogP contribution in [0.2, 0.25) is 0 Å². The third-order valence-electron chi connectivity index (χ3n) is 7.93. The van der Waals surface area contributed by atoms with Gasteiger partial charge in [-0.3, -0.25) is 4.98 Å². The van der Waals surface area contributed by atoms with Crippen molar-refractivity contribution in [2.75, 3.05) is 0 Å².